The van der Waals surface area contributed by atoms with Crippen LogP contribution in [0.3, 0.4) is 0 Å². The third kappa shape index (κ3) is 4.09. The zero-order valence-electron chi connectivity index (χ0n) is 17.7. The summed E-state index contributed by atoms with van der Waals surface area (Å²) < 4.78 is 18.2. The van der Waals surface area contributed by atoms with Crippen LogP contribution in [0.25, 0.3) is 6.08 Å². The molecule has 1 atom stereocenters. The number of rotatable bonds is 7. The summed E-state index contributed by atoms with van der Waals surface area (Å²) in [5, 5.41) is 0. The highest BCUT2D eigenvalue weighted by Crippen LogP contribution is 2.31. The van der Waals surface area contributed by atoms with Gasteiger partial charge in [-0.1, -0.05) is 36.1 Å². The van der Waals surface area contributed by atoms with Gasteiger partial charge in [-0.05, 0) is 43.7 Å². The molecule has 0 N–H and O–H groups in total. The maximum atomic E-state index is 13.4. The standard InChI is InChI=1S/C24H22N2O5S/c1-4-12-30-17-10-8-16(9-11-17)21-20(23(28)29-5-2)15(3)25-24-26(21)22(27)19(32-24)14-18-7-6-13-31-18/h4,6-11,13-14,21H,1,5,12H2,2-3H3/b19-14-/t21-/m1/s1. The van der Waals surface area contributed by atoms with E-state index in [1.165, 1.54) is 15.9 Å². The number of hydrogen-bond donors (Lipinski definition) is 0. The van der Waals surface area contributed by atoms with Crippen molar-refractivity contribution >= 4 is 23.4 Å². The molecule has 0 saturated carbocycles. The fourth-order valence-corrected chi connectivity index (χ4v) is 4.54. The zero-order chi connectivity index (χ0) is 22.7. The summed E-state index contributed by atoms with van der Waals surface area (Å²) in [7, 11) is 0. The fourth-order valence-electron chi connectivity index (χ4n) is 3.51. The van der Waals surface area contributed by atoms with Gasteiger partial charge in [0.25, 0.3) is 5.56 Å². The number of carbonyl (C=O) groups excluding carboxylic acids is 1. The maximum absolute atomic E-state index is 13.4. The molecule has 8 heteroatoms. The lowest BCUT2D eigenvalue weighted by Crippen LogP contribution is -2.39. The minimum atomic E-state index is -0.669. The van der Waals surface area contributed by atoms with Crippen LogP contribution in [0.1, 0.15) is 31.2 Å². The van der Waals surface area contributed by atoms with E-state index < -0.39 is 12.0 Å². The first kappa shape index (κ1) is 21.6. The Morgan fingerprint density at radius 3 is 2.75 bits per heavy atom. The number of thiazole rings is 1. The minimum absolute atomic E-state index is 0.222. The van der Waals surface area contributed by atoms with Crippen LogP contribution in [0.2, 0.25) is 0 Å². The normalized spacial score (nSPS) is 15.8. The molecule has 0 amide bonds. The summed E-state index contributed by atoms with van der Waals surface area (Å²) in [5.74, 6) is 0.736. The van der Waals surface area contributed by atoms with E-state index in [1.807, 2.05) is 12.1 Å². The molecule has 4 rings (SSSR count). The largest absolute Gasteiger partial charge is 0.490 e. The van der Waals surface area contributed by atoms with Gasteiger partial charge >= 0.3 is 5.97 Å². The number of aromatic nitrogens is 1. The summed E-state index contributed by atoms with van der Waals surface area (Å²) in [4.78, 5) is 31.3. The second-order valence-corrected chi connectivity index (χ2v) is 8.00. The molecular formula is C24H22N2O5S. The number of fused-ring (bicyclic) bond motifs is 1. The van der Waals surface area contributed by atoms with Crippen molar-refractivity contribution in [1.82, 2.24) is 4.57 Å². The Hall–Kier alpha value is -3.65. The lowest BCUT2D eigenvalue weighted by Gasteiger charge is -2.24. The Kier molecular flexibility index (Phi) is 6.23. The topological polar surface area (TPSA) is 83.0 Å². The highest BCUT2D eigenvalue weighted by Gasteiger charge is 2.33. The number of esters is 1. The van der Waals surface area contributed by atoms with E-state index in [0.717, 1.165) is 5.56 Å². The van der Waals surface area contributed by atoms with E-state index in [1.54, 1.807) is 56.5 Å². The first-order valence-electron chi connectivity index (χ1n) is 10.1. The van der Waals surface area contributed by atoms with E-state index in [-0.39, 0.29) is 12.2 Å². The molecule has 0 bridgehead atoms. The van der Waals surface area contributed by atoms with Crippen molar-refractivity contribution in [2.24, 2.45) is 4.99 Å². The molecule has 0 aliphatic carbocycles. The average Bonchev–Trinajstić information content (AvgIpc) is 3.40. The van der Waals surface area contributed by atoms with Gasteiger partial charge in [-0.25, -0.2) is 9.79 Å². The fraction of sp³-hybridized carbons (Fsp3) is 0.208. The molecule has 7 nitrogen and oxygen atoms in total. The Labute approximate surface area is 188 Å². The van der Waals surface area contributed by atoms with Crippen LogP contribution in [0.15, 0.2) is 80.8 Å². The SMILES string of the molecule is C=CCOc1ccc([C@@H]2C(C(=O)OCC)=C(C)N=c3s/c(=C\c4ccco4)c(=O)n32)cc1. The number of ether oxygens (including phenoxy) is 2. The van der Waals surface area contributed by atoms with Crippen molar-refractivity contribution in [2.45, 2.75) is 19.9 Å². The summed E-state index contributed by atoms with van der Waals surface area (Å²) >= 11 is 1.25. The molecule has 3 aromatic rings. The quantitative estimate of drug-likeness (QED) is 0.408. The number of benzene rings is 1. The van der Waals surface area contributed by atoms with E-state index >= 15 is 0 Å². The van der Waals surface area contributed by atoms with Crippen molar-refractivity contribution in [2.75, 3.05) is 13.2 Å². The van der Waals surface area contributed by atoms with Gasteiger partial charge in [-0.3, -0.25) is 9.36 Å². The molecule has 2 aromatic heterocycles. The summed E-state index contributed by atoms with van der Waals surface area (Å²) in [6, 6.07) is 10.1. The average molecular weight is 451 g/mol. The van der Waals surface area contributed by atoms with Crippen LogP contribution in [-0.2, 0) is 9.53 Å². The Bertz CT molecular complexity index is 1340. The van der Waals surface area contributed by atoms with Gasteiger partial charge in [0.1, 0.15) is 18.1 Å². The van der Waals surface area contributed by atoms with Gasteiger partial charge in [0.05, 0.1) is 34.7 Å². The maximum Gasteiger partial charge on any atom is 0.338 e. The number of hydrogen-bond acceptors (Lipinski definition) is 7. The number of nitrogens with zero attached hydrogens (tertiary/aromatic N) is 2. The molecule has 3 heterocycles. The van der Waals surface area contributed by atoms with Gasteiger partial charge in [0.15, 0.2) is 4.80 Å². The predicted molar refractivity (Wildman–Crippen MR) is 121 cm³/mol. The number of carbonyl (C=O) groups is 1. The third-order valence-electron chi connectivity index (χ3n) is 4.90. The smallest absolute Gasteiger partial charge is 0.338 e. The van der Waals surface area contributed by atoms with E-state index in [2.05, 4.69) is 11.6 Å². The molecule has 164 valence electrons. The van der Waals surface area contributed by atoms with Crippen LogP contribution < -0.4 is 19.6 Å². The van der Waals surface area contributed by atoms with Gasteiger partial charge < -0.3 is 13.9 Å². The van der Waals surface area contributed by atoms with Crippen LogP contribution in [0, 0.1) is 0 Å². The summed E-state index contributed by atoms with van der Waals surface area (Å²) in [6.07, 6.45) is 4.89. The minimum Gasteiger partial charge on any atom is -0.490 e. The Morgan fingerprint density at radius 2 is 2.09 bits per heavy atom. The summed E-state index contributed by atoms with van der Waals surface area (Å²) in [6.45, 7) is 7.75. The number of furan rings is 1. The monoisotopic (exact) mass is 450 g/mol. The van der Waals surface area contributed by atoms with E-state index in [0.29, 0.717) is 38.7 Å². The van der Waals surface area contributed by atoms with Crippen molar-refractivity contribution < 1.29 is 18.7 Å². The van der Waals surface area contributed by atoms with Crippen LogP contribution in [0.5, 0.6) is 5.75 Å². The second-order valence-electron chi connectivity index (χ2n) is 6.99. The van der Waals surface area contributed by atoms with Gasteiger partial charge in [-0.15, -0.1) is 0 Å². The van der Waals surface area contributed by atoms with Crippen LogP contribution >= 0.6 is 11.3 Å². The zero-order valence-corrected chi connectivity index (χ0v) is 18.6. The van der Waals surface area contributed by atoms with Gasteiger partial charge in [-0.2, -0.15) is 0 Å². The van der Waals surface area contributed by atoms with Gasteiger partial charge in [0.2, 0.25) is 0 Å². The molecular weight excluding hydrogens is 428 g/mol. The van der Waals surface area contributed by atoms with Crippen LogP contribution in [0.4, 0.5) is 0 Å². The number of allylic oxidation sites excluding steroid dienone is 1. The molecule has 0 radical (unpaired) electrons. The first-order chi connectivity index (χ1) is 15.5. The first-order valence-corrected chi connectivity index (χ1v) is 10.9. The summed E-state index contributed by atoms with van der Waals surface area (Å²) in [5.41, 5.74) is 1.35. The van der Waals surface area contributed by atoms with Crippen molar-refractivity contribution in [3.63, 3.8) is 0 Å². The van der Waals surface area contributed by atoms with Crippen molar-refractivity contribution in [1.29, 1.82) is 0 Å². The van der Waals surface area contributed by atoms with E-state index in [9.17, 15) is 9.59 Å². The Morgan fingerprint density at radius 1 is 1.31 bits per heavy atom. The lowest BCUT2D eigenvalue weighted by molar-refractivity contribution is -0.139. The molecule has 1 aromatic carbocycles. The predicted octanol–water partition coefficient (Wildman–Crippen LogP) is 2.96. The third-order valence-corrected chi connectivity index (χ3v) is 5.88. The van der Waals surface area contributed by atoms with Gasteiger partial charge in [0, 0.05) is 6.08 Å². The molecule has 1 aliphatic rings. The highest BCUT2D eigenvalue weighted by atomic mass is 32.1. The molecule has 0 saturated heterocycles. The van der Waals surface area contributed by atoms with Crippen molar-refractivity contribution in [3.8, 4) is 5.75 Å². The molecule has 1 aliphatic heterocycles. The van der Waals surface area contributed by atoms with Crippen molar-refractivity contribution in [3.05, 3.63) is 97.6 Å². The molecule has 0 fully saturated rings. The van der Waals surface area contributed by atoms with Crippen LogP contribution in [-0.4, -0.2) is 23.8 Å². The highest BCUT2D eigenvalue weighted by molar-refractivity contribution is 7.07. The molecule has 0 unspecified atom stereocenters. The molecule has 32 heavy (non-hydrogen) atoms. The van der Waals surface area contributed by atoms with E-state index in [4.69, 9.17) is 13.9 Å². The Balaban J connectivity index is 1.88. The lowest BCUT2D eigenvalue weighted by atomic mass is 9.96. The second kappa shape index (κ2) is 9.23. The molecule has 0 spiro atoms.